The molecule has 3 atom stereocenters. The van der Waals surface area contributed by atoms with E-state index in [0.717, 1.165) is 22.3 Å². The summed E-state index contributed by atoms with van der Waals surface area (Å²) in [5, 5.41) is 29.8. The molecule has 0 aliphatic heterocycles. The lowest BCUT2D eigenvalue weighted by Gasteiger charge is -2.24. The van der Waals surface area contributed by atoms with Gasteiger partial charge < -0.3 is 30.0 Å². The summed E-state index contributed by atoms with van der Waals surface area (Å²) in [5.41, 5.74) is 0.599. The number of hydrogen-bond acceptors (Lipinski definition) is 6. The van der Waals surface area contributed by atoms with Crippen LogP contribution in [0.25, 0.3) is 22.5 Å². The number of rotatable bonds is 10. The molecular formula is C30H27BrF2N4O5. The number of aromatic amines is 2. The Kier molecular flexibility index (Phi) is 8.57. The minimum atomic E-state index is -1.03. The highest BCUT2D eigenvalue weighted by atomic mass is 79.9. The molecule has 3 aromatic carbocycles. The van der Waals surface area contributed by atoms with Crippen molar-refractivity contribution in [3.05, 3.63) is 111 Å². The second-order valence-corrected chi connectivity index (χ2v) is 10.7. The summed E-state index contributed by atoms with van der Waals surface area (Å²) in [7, 11) is 0. The Morgan fingerprint density at radius 1 is 1.05 bits per heavy atom. The Morgan fingerprint density at radius 3 is 2.36 bits per heavy atom. The molecule has 2 heterocycles. The van der Waals surface area contributed by atoms with E-state index in [-0.39, 0.29) is 39.7 Å². The van der Waals surface area contributed by atoms with Crippen LogP contribution in [-0.4, -0.2) is 54.2 Å². The molecule has 0 aliphatic rings. The van der Waals surface area contributed by atoms with E-state index in [1.54, 1.807) is 24.3 Å². The molecule has 5 N–H and O–H groups in total. The molecule has 2 aromatic heterocycles. The fourth-order valence-electron chi connectivity index (χ4n) is 4.80. The normalized spacial score (nSPS) is 13.6. The van der Waals surface area contributed by atoms with Crippen molar-refractivity contribution in [1.29, 1.82) is 0 Å². The number of aromatic hydroxyl groups is 1. The number of aromatic nitrogens is 4. The van der Waals surface area contributed by atoms with Gasteiger partial charge in [0.25, 0.3) is 0 Å². The SMILES string of the molecule is C[C@@H](c1ccccc1)[C@@H](c1ncc(-c2c(F)cc(Br)cc2F)[nH]1)n1c(O)c(-c2ccc(OC[C@H](O)CO)cc2)[nH]c1=O. The first-order valence-corrected chi connectivity index (χ1v) is 13.8. The van der Waals surface area contributed by atoms with Gasteiger partial charge in [-0.15, -0.1) is 0 Å². The smallest absolute Gasteiger partial charge is 0.329 e. The van der Waals surface area contributed by atoms with Crippen LogP contribution in [0, 0.1) is 11.6 Å². The molecule has 0 spiro atoms. The van der Waals surface area contributed by atoms with Crippen LogP contribution < -0.4 is 10.4 Å². The van der Waals surface area contributed by atoms with Crippen molar-refractivity contribution in [2.75, 3.05) is 13.2 Å². The molecule has 0 unspecified atom stereocenters. The molecular weight excluding hydrogens is 614 g/mol. The number of aliphatic hydroxyl groups excluding tert-OH is 2. The van der Waals surface area contributed by atoms with E-state index >= 15 is 0 Å². The van der Waals surface area contributed by atoms with Crippen LogP contribution in [0.4, 0.5) is 8.78 Å². The van der Waals surface area contributed by atoms with E-state index < -0.39 is 42.0 Å². The fraction of sp³-hybridized carbons (Fsp3) is 0.200. The van der Waals surface area contributed by atoms with Crippen molar-refractivity contribution >= 4 is 15.9 Å². The van der Waals surface area contributed by atoms with E-state index in [2.05, 4.69) is 30.9 Å². The molecule has 218 valence electrons. The average molecular weight is 641 g/mol. The van der Waals surface area contributed by atoms with Crippen LogP contribution >= 0.6 is 15.9 Å². The Labute approximate surface area is 247 Å². The van der Waals surface area contributed by atoms with Gasteiger partial charge in [-0.1, -0.05) is 53.2 Å². The first-order chi connectivity index (χ1) is 20.2. The fourth-order valence-corrected chi connectivity index (χ4v) is 5.20. The summed E-state index contributed by atoms with van der Waals surface area (Å²) < 4.78 is 36.3. The lowest BCUT2D eigenvalue weighted by molar-refractivity contribution is 0.0536. The van der Waals surface area contributed by atoms with Crippen molar-refractivity contribution in [2.45, 2.75) is 25.0 Å². The molecule has 0 saturated heterocycles. The first kappa shape index (κ1) is 29.2. The van der Waals surface area contributed by atoms with E-state index in [1.807, 2.05) is 37.3 Å². The number of benzene rings is 3. The number of ether oxygens (including phenoxy) is 1. The number of hydrogen-bond donors (Lipinski definition) is 5. The lowest BCUT2D eigenvalue weighted by atomic mass is 9.92. The summed E-state index contributed by atoms with van der Waals surface area (Å²) >= 11 is 3.08. The quantitative estimate of drug-likeness (QED) is 0.144. The third-order valence-corrected chi connectivity index (χ3v) is 7.39. The van der Waals surface area contributed by atoms with E-state index in [0.29, 0.717) is 11.3 Å². The third-order valence-electron chi connectivity index (χ3n) is 6.93. The van der Waals surface area contributed by atoms with Crippen LogP contribution in [0.2, 0.25) is 0 Å². The van der Waals surface area contributed by atoms with Crippen molar-refractivity contribution in [3.8, 4) is 34.1 Å². The summed E-state index contributed by atoms with van der Waals surface area (Å²) in [6, 6.07) is 17.1. The van der Waals surface area contributed by atoms with Crippen LogP contribution in [0.3, 0.4) is 0 Å². The van der Waals surface area contributed by atoms with Gasteiger partial charge in [-0.05, 0) is 42.0 Å². The van der Waals surface area contributed by atoms with Gasteiger partial charge in [-0.3, -0.25) is 4.57 Å². The summed E-state index contributed by atoms with van der Waals surface area (Å²) in [4.78, 5) is 23.5. The minimum absolute atomic E-state index is 0.0722. The maximum absolute atomic E-state index is 14.8. The van der Waals surface area contributed by atoms with Crippen LogP contribution in [0.15, 0.2) is 82.2 Å². The molecule has 0 saturated carbocycles. The molecule has 5 rings (SSSR count). The monoisotopic (exact) mass is 640 g/mol. The maximum atomic E-state index is 14.8. The summed E-state index contributed by atoms with van der Waals surface area (Å²) in [6.07, 6.45) is 0.263. The van der Waals surface area contributed by atoms with Gasteiger partial charge in [0.15, 0.2) is 0 Å². The summed E-state index contributed by atoms with van der Waals surface area (Å²) in [6.45, 7) is 1.31. The molecule has 12 heteroatoms. The first-order valence-electron chi connectivity index (χ1n) is 13.0. The van der Waals surface area contributed by atoms with Gasteiger partial charge in [0.1, 0.15) is 47.7 Å². The number of H-pyrrole nitrogens is 2. The van der Waals surface area contributed by atoms with E-state index in [9.17, 15) is 23.8 Å². The number of halogens is 3. The molecule has 0 bridgehead atoms. The van der Waals surface area contributed by atoms with Gasteiger partial charge in [0.05, 0.1) is 24.1 Å². The Morgan fingerprint density at radius 2 is 1.71 bits per heavy atom. The van der Waals surface area contributed by atoms with Crippen LogP contribution in [-0.2, 0) is 0 Å². The third kappa shape index (κ3) is 5.87. The van der Waals surface area contributed by atoms with Crippen LogP contribution in [0.1, 0.15) is 30.3 Å². The predicted octanol–water partition coefficient (Wildman–Crippen LogP) is 5.10. The van der Waals surface area contributed by atoms with Gasteiger partial charge in [-0.2, -0.15) is 0 Å². The van der Waals surface area contributed by atoms with Gasteiger partial charge in [-0.25, -0.2) is 18.6 Å². The van der Waals surface area contributed by atoms with Gasteiger partial charge >= 0.3 is 5.69 Å². The standard InChI is InChI=1S/C30H27BrF2N4O5/c1-16(17-5-3-2-4-6-17)27(28-34-13-24(35-28)25-22(32)11-19(31)12-23(25)33)37-29(40)26(36-30(37)41)18-7-9-21(10-8-18)42-15-20(39)14-38/h2-13,16,20,27,38-40H,14-15H2,1H3,(H,34,35)(H,36,41)/t16-,20+,27-/m0/s1. The second-order valence-electron chi connectivity index (χ2n) is 9.74. The molecule has 5 aromatic rings. The second kappa shape index (κ2) is 12.3. The Balaban J connectivity index is 1.56. The number of aliphatic hydroxyl groups is 2. The highest BCUT2D eigenvalue weighted by Gasteiger charge is 2.31. The predicted molar refractivity (Wildman–Crippen MR) is 155 cm³/mol. The zero-order valence-electron chi connectivity index (χ0n) is 22.3. The van der Waals surface area contributed by atoms with Crippen LogP contribution in [0.5, 0.6) is 11.6 Å². The molecule has 0 amide bonds. The maximum Gasteiger partial charge on any atom is 0.329 e. The van der Waals surface area contributed by atoms with Crippen molar-refractivity contribution < 1.29 is 28.8 Å². The Hall–Kier alpha value is -4.26. The lowest BCUT2D eigenvalue weighted by Crippen LogP contribution is -2.27. The van der Waals surface area contributed by atoms with Crippen molar-refractivity contribution in [1.82, 2.24) is 19.5 Å². The molecule has 0 fully saturated rings. The largest absolute Gasteiger partial charge is 0.493 e. The zero-order valence-corrected chi connectivity index (χ0v) is 23.8. The number of nitrogens with zero attached hydrogens (tertiary/aromatic N) is 2. The number of nitrogens with one attached hydrogen (secondary N) is 2. The van der Waals surface area contributed by atoms with E-state index in [4.69, 9.17) is 9.84 Å². The van der Waals surface area contributed by atoms with E-state index in [1.165, 1.54) is 6.20 Å². The topological polar surface area (TPSA) is 136 Å². The van der Waals surface area contributed by atoms with Crippen molar-refractivity contribution in [3.63, 3.8) is 0 Å². The highest BCUT2D eigenvalue weighted by molar-refractivity contribution is 9.10. The molecule has 0 radical (unpaired) electrons. The van der Waals surface area contributed by atoms with Gasteiger partial charge in [0.2, 0.25) is 5.88 Å². The average Bonchev–Trinajstić information content (AvgIpc) is 3.56. The van der Waals surface area contributed by atoms with Crippen molar-refractivity contribution in [2.24, 2.45) is 0 Å². The summed E-state index contributed by atoms with van der Waals surface area (Å²) in [5.74, 6) is -1.77. The molecule has 9 nitrogen and oxygen atoms in total. The Bertz CT molecular complexity index is 1710. The highest BCUT2D eigenvalue weighted by Crippen LogP contribution is 2.38. The molecule has 0 aliphatic carbocycles. The zero-order chi connectivity index (χ0) is 30.0. The molecule has 42 heavy (non-hydrogen) atoms. The van der Waals surface area contributed by atoms with Gasteiger partial charge in [0, 0.05) is 16.0 Å². The minimum Gasteiger partial charge on any atom is -0.493 e. The number of imidazole rings is 2.